The van der Waals surface area contributed by atoms with Crippen LogP contribution in [0, 0.1) is 27.7 Å². The number of aromatic nitrogens is 1. The monoisotopic (exact) mass is 259 g/mol. The van der Waals surface area contributed by atoms with E-state index in [9.17, 15) is 4.79 Å². The van der Waals surface area contributed by atoms with Crippen LogP contribution in [0.25, 0.3) is 0 Å². The SMILES string of the molecule is Cc1cc(C)cc(CC(=O)c2sc(C)nc2C)c1. The van der Waals surface area contributed by atoms with Crippen molar-refractivity contribution < 1.29 is 4.79 Å². The van der Waals surface area contributed by atoms with Gasteiger partial charge in [0, 0.05) is 6.42 Å². The van der Waals surface area contributed by atoms with Crippen LogP contribution in [-0.2, 0) is 6.42 Å². The number of aryl methyl sites for hydroxylation is 4. The van der Waals surface area contributed by atoms with Crippen LogP contribution in [-0.4, -0.2) is 10.8 Å². The molecular weight excluding hydrogens is 242 g/mol. The molecule has 0 N–H and O–H groups in total. The predicted octanol–water partition coefficient (Wildman–Crippen LogP) is 3.80. The highest BCUT2D eigenvalue weighted by Gasteiger charge is 2.14. The number of carbonyl (C=O) groups is 1. The third-order valence-corrected chi connectivity index (χ3v) is 3.92. The molecule has 1 aromatic carbocycles. The van der Waals surface area contributed by atoms with E-state index >= 15 is 0 Å². The largest absolute Gasteiger partial charge is 0.293 e. The molecule has 0 unspecified atom stereocenters. The summed E-state index contributed by atoms with van der Waals surface area (Å²) in [4.78, 5) is 17.3. The van der Waals surface area contributed by atoms with Gasteiger partial charge in [-0.3, -0.25) is 4.79 Å². The quantitative estimate of drug-likeness (QED) is 0.785. The number of nitrogens with zero attached hydrogens (tertiary/aromatic N) is 1. The Morgan fingerprint density at radius 2 is 1.72 bits per heavy atom. The number of carbonyl (C=O) groups excluding carboxylic acids is 1. The lowest BCUT2D eigenvalue weighted by Gasteiger charge is -2.04. The predicted molar refractivity (Wildman–Crippen MR) is 75.5 cm³/mol. The minimum absolute atomic E-state index is 0.170. The molecule has 0 fully saturated rings. The van der Waals surface area contributed by atoms with Gasteiger partial charge in [-0.05, 0) is 33.3 Å². The molecular formula is C15H17NOS. The molecule has 1 heterocycles. The molecule has 0 aliphatic rings. The van der Waals surface area contributed by atoms with Gasteiger partial charge in [0.05, 0.1) is 15.6 Å². The van der Waals surface area contributed by atoms with Crippen LogP contribution >= 0.6 is 11.3 Å². The summed E-state index contributed by atoms with van der Waals surface area (Å²) in [5.74, 6) is 0.170. The lowest BCUT2D eigenvalue weighted by Crippen LogP contribution is -2.03. The van der Waals surface area contributed by atoms with E-state index in [0.29, 0.717) is 6.42 Å². The second-order valence-electron chi connectivity index (χ2n) is 4.74. The Kier molecular flexibility index (Phi) is 3.62. The molecule has 94 valence electrons. The molecule has 0 spiro atoms. The molecule has 0 bridgehead atoms. The fraction of sp³-hybridized carbons (Fsp3) is 0.333. The van der Waals surface area contributed by atoms with Crippen LogP contribution < -0.4 is 0 Å². The van der Waals surface area contributed by atoms with E-state index in [1.54, 1.807) is 0 Å². The zero-order chi connectivity index (χ0) is 13.3. The summed E-state index contributed by atoms with van der Waals surface area (Å²) in [7, 11) is 0. The molecule has 2 nitrogen and oxygen atoms in total. The number of benzene rings is 1. The first kappa shape index (κ1) is 13.0. The molecule has 0 radical (unpaired) electrons. The van der Waals surface area contributed by atoms with Crippen molar-refractivity contribution in [3.63, 3.8) is 0 Å². The number of hydrogen-bond acceptors (Lipinski definition) is 3. The van der Waals surface area contributed by atoms with Crippen LogP contribution in [0.5, 0.6) is 0 Å². The van der Waals surface area contributed by atoms with Gasteiger partial charge in [-0.25, -0.2) is 4.98 Å². The average molecular weight is 259 g/mol. The first-order chi connectivity index (χ1) is 8.45. The summed E-state index contributed by atoms with van der Waals surface area (Å²) in [6, 6.07) is 6.28. The molecule has 0 atom stereocenters. The number of hydrogen-bond donors (Lipinski definition) is 0. The average Bonchev–Trinajstić information content (AvgIpc) is 2.56. The molecule has 0 aliphatic heterocycles. The second kappa shape index (κ2) is 5.02. The van der Waals surface area contributed by atoms with Crippen LogP contribution in [0.15, 0.2) is 18.2 Å². The zero-order valence-corrected chi connectivity index (χ0v) is 12.0. The van der Waals surface area contributed by atoms with E-state index in [1.807, 2.05) is 13.8 Å². The van der Waals surface area contributed by atoms with Gasteiger partial charge in [0.15, 0.2) is 5.78 Å². The highest BCUT2D eigenvalue weighted by Crippen LogP contribution is 2.20. The fourth-order valence-corrected chi connectivity index (χ4v) is 3.08. The summed E-state index contributed by atoms with van der Waals surface area (Å²) in [6.07, 6.45) is 0.463. The topological polar surface area (TPSA) is 30.0 Å². The summed E-state index contributed by atoms with van der Waals surface area (Å²) >= 11 is 1.49. The number of Topliss-reactive ketones (excluding diaryl/α,β-unsaturated/α-hetero) is 1. The molecule has 0 aliphatic carbocycles. The smallest absolute Gasteiger partial charge is 0.179 e. The Morgan fingerprint density at radius 1 is 1.11 bits per heavy atom. The summed E-state index contributed by atoms with van der Waals surface area (Å²) < 4.78 is 0. The van der Waals surface area contributed by atoms with Crippen LogP contribution in [0.4, 0.5) is 0 Å². The van der Waals surface area contributed by atoms with Gasteiger partial charge in [-0.1, -0.05) is 29.3 Å². The Labute approximate surface area is 112 Å². The van der Waals surface area contributed by atoms with Gasteiger partial charge in [0.25, 0.3) is 0 Å². The molecule has 3 heteroatoms. The fourth-order valence-electron chi connectivity index (χ4n) is 2.23. The summed E-state index contributed by atoms with van der Waals surface area (Å²) in [6.45, 7) is 7.95. The van der Waals surface area contributed by atoms with E-state index in [4.69, 9.17) is 0 Å². The van der Waals surface area contributed by atoms with E-state index in [1.165, 1.54) is 22.5 Å². The van der Waals surface area contributed by atoms with Crippen molar-refractivity contribution in [2.45, 2.75) is 34.1 Å². The van der Waals surface area contributed by atoms with Crippen molar-refractivity contribution in [1.82, 2.24) is 4.98 Å². The lowest BCUT2D eigenvalue weighted by atomic mass is 10.0. The van der Waals surface area contributed by atoms with Crippen LogP contribution in [0.2, 0.25) is 0 Å². The minimum Gasteiger partial charge on any atom is -0.293 e. The first-order valence-electron chi connectivity index (χ1n) is 6.00. The standard InChI is InChI=1S/C15H17NOS/c1-9-5-10(2)7-13(6-9)8-14(17)15-11(3)16-12(4)18-15/h5-7H,8H2,1-4H3. The van der Waals surface area contributed by atoms with Gasteiger partial charge in [-0.2, -0.15) is 0 Å². The highest BCUT2D eigenvalue weighted by atomic mass is 32.1. The molecule has 0 saturated heterocycles. The molecule has 0 saturated carbocycles. The first-order valence-corrected chi connectivity index (χ1v) is 6.82. The van der Waals surface area contributed by atoms with Crippen molar-refractivity contribution in [3.05, 3.63) is 50.5 Å². The Bertz CT molecular complexity index is 578. The molecule has 2 rings (SSSR count). The summed E-state index contributed by atoms with van der Waals surface area (Å²) in [5, 5.41) is 0.955. The third kappa shape index (κ3) is 2.85. The summed E-state index contributed by atoms with van der Waals surface area (Å²) in [5.41, 5.74) is 4.35. The maximum absolute atomic E-state index is 12.2. The molecule has 1 aromatic heterocycles. The molecule has 0 amide bonds. The van der Waals surface area contributed by atoms with Gasteiger partial charge < -0.3 is 0 Å². The maximum atomic E-state index is 12.2. The van der Waals surface area contributed by atoms with Crippen molar-refractivity contribution in [1.29, 1.82) is 0 Å². The van der Waals surface area contributed by atoms with Crippen molar-refractivity contribution >= 4 is 17.1 Å². The number of ketones is 1. The van der Waals surface area contributed by atoms with Crippen LogP contribution in [0.3, 0.4) is 0 Å². The number of rotatable bonds is 3. The normalized spacial score (nSPS) is 10.7. The Balaban J connectivity index is 2.23. The van der Waals surface area contributed by atoms with Gasteiger partial charge in [0.1, 0.15) is 0 Å². The Hall–Kier alpha value is -1.48. The highest BCUT2D eigenvalue weighted by molar-refractivity contribution is 7.13. The zero-order valence-electron chi connectivity index (χ0n) is 11.2. The molecule has 2 aromatic rings. The number of thiazole rings is 1. The molecule has 18 heavy (non-hydrogen) atoms. The van der Waals surface area contributed by atoms with Crippen molar-refractivity contribution in [3.8, 4) is 0 Å². The second-order valence-corrected chi connectivity index (χ2v) is 5.95. The van der Waals surface area contributed by atoms with Crippen molar-refractivity contribution in [2.75, 3.05) is 0 Å². The lowest BCUT2D eigenvalue weighted by molar-refractivity contribution is 0.0996. The van der Waals surface area contributed by atoms with Gasteiger partial charge >= 0.3 is 0 Å². The van der Waals surface area contributed by atoms with E-state index < -0.39 is 0 Å². The van der Waals surface area contributed by atoms with Gasteiger partial charge in [-0.15, -0.1) is 11.3 Å². The Morgan fingerprint density at radius 3 is 2.22 bits per heavy atom. The van der Waals surface area contributed by atoms with Crippen molar-refractivity contribution in [2.24, 2.45) is 0 Å². The van der Waals surface area contributed by atoms with E-state index in [0.717, 1.165) is 21.1 Å². The minimum atomic E-state index is 0.170. The van der Waals surface area contributed by atoms with E-state index in [2.05, 4.69) is 37.0 Å². The van der Waals surface area contributed by atoms with Crippen LogP contribution in [0.1, 0.15) is 37.1 Å². The third-order valence-electron chi connectivity index (χ3n) is 2.80. The maximum Gasteiger partial charge on any atom is 0.179 e. The van der Waals surface area contributed by atoms with Gasteiger partial charge in [0.2, 0.25) is 0 Å². The van der Waals surface area contributed by atoms with E-state index in [-0.39, 0.29) is 5.78 Å².